The second-order valence-corrected chi connectivity index (χ2v) is 1.13. The number of nitrogens with one attached hydrogen (secondary N) is 1. The molecule has 0 saturated carbocycles. The maximum atomic E-state index is 11.1. The first kappa shape index (κ1) is 5.63. The zero-order valence-electron chi connectivity index (χ0n) is 3.74. The van der Waals surface area contributed by atoms with Crippen molar-refractivity contribution >= 4 is 0 Å². The SMILES string of the molecule is C=CC(C)NF. The Morgan fingerprint density at radius 2 is 2.50 bits per heavy atom. The summed E-state index contributed by atoms with van der Waals surface area (Å²) in [5.74, 6) is 0. The Hall–Kier alpha value is -0.370. The summed E-state index contributed by atoms with van der Waals surface area (Å²) in [6.45, 7) is 5.00. The van der Waals surface area contributed by atoms with E-state index < -0.39 is 0 Å². The van der Waals surface area contributed by atoms with Gasteiger partial charge in [-0.3, -0.25) is 0 Å². The van der Waals surface area contributed by atoms with Gasteiger partial charge in [0.25, 0.3) is 0 Å². The van der Waals surface area contributed by atoms with Gasteiger partial charge < -0.3 is 0 Å². The van der Waals surface area contributed by atoms with Crippen molar-refractivity contribution in [1.82, 2.24) is 5.54 Å². The molecule has 0 radical (unpaired) electrons. The second-order valence-electron chi connectivity index (χ2n) is 1.13. The fraction of sp³-hybridized carbons (Fsp3) is 0.500. The van der Waals surface area contributed by atoms with Gasteiger partial charge in [0.2, 0.25) is 0 Å². The quantitative estimate of drug-likeness (QED) is 0.393. The van der Waals surface area contributed by atoms with Crippen molar-refractivity contribution in [3.8, 4) is 0 Å². The summed E-state index contributed by atoms with van der Waals surface area (Å²) >= 11 is 0. The lowest BCUT2D eigenvalue weighted by atomic mass is 10.4. The van der Waals surface area contributed by atoms with E-state index in [2.05, 4.69) is 6.58 Å². The molecule has 0 aromatic heterocycles. The average Bonchev–Trinajstić information content (AvgIpc) is 1.65. The molecule has 6 heavy (non-hydrogen) atoms. The number of halogens is 1. The molecule has 0 rings (SSSR count). The van der Waals surface area contributed by atoms with E-state index >= 15 is 0 Å². The minimum absolute atomic E-state index is 0.218. The van der Waals surface area contributed by atoms with Crippen LogP contribution in [0.1, 0.15) is 6.92 Å². The first-order valence-corrected chi connectivity index (χ1v) is 1.80. The number of rotatable bonds is 2. The molecular formula is C4H8FN. The summed E-state index contributed by atoms with van der Waals surface area (Å²) in [6, 6.07) is -0.218. The van der Waals surface area contributed by atoms with E-state index in [1.807, 2.05) is 0 Å². The van der Waals surface area contributed by atoms with E-state index in [-0.39, 0.29) is 6.04 Å². The molecule has 1 atom stereocenters. The van der Waals surface area contributed by atoms with Crippen LogP contribution in [0.4, 0.5) is 4.48 Å². The van der Waals surface area contributed by atoms with Gasteiger partial charge in [-0.2, -0.15) is 5.54 Å². The third-order valence-electron chi connectivity index (χ3n) is 0.526. The fourth-order valence-corrected chi connectivity index (χ4v) is 0.0445. The zero-order chi connectivity index (χ0) is 4.99. The smallest absolute Gasteiger partial charge is 0.0520 e. The summed E-state index contributed by atoms with van der Waals surface area (Å²) < 4.78 is 11.1. The Bertz CT molecular complexity index is 44.8. The van der Waals surface area contributed by atoms with E-state index in [1.54, 1.807) is 6.92 Å². The Morgan fingerprint density at radius 3 is 2.50 bits per heavy atom. The van der Waals surface area contributed by atoms with Crippen molar-refractivity contribution in [3.63, 3.8) is 0 Å². The molecular weight excluding hydrogens is 81.0 g/mol. The molecule has 1 nitrogen and oxygen atoms in total. The van der Waals surface area contributed by atoms with Gasteiger partial charge >= 0.3 is 0 Å². The van der Waals surface area contributed by atoms with Crippen LogP contribution < -0.4 is 5.54 Å². The highest BCUT2D eigenvalue weighted by atomic mass is 19.2. The van der Waals surface area contributed by atoms with Gasteiger partial charge in [-0.25, -0.2) is 0 Å². The Kier molecular flexibility index (Phi) is 2.67. The summed E-state index contributed by atoms with van der Waals surface area (Å²) in [6.07, 6.45) is 1.49. The lowest BCUT2D eigenvalue weighted by Crippen LogP contribution is -2.12. The Morgan fingerprint density at radius 1 is 2.00 bits per heavy atom. The third-order valence-corrected chi connectivity index (χ3v) is 0.526. The van der Waals surface area contributed by atoms with Crippen LogP contribution in [-0.4, -0.2) is 6.04 Å². The molecule has 0 saturated heterocycles. The van der Waals surface area contributed by atoms with E-state index in [0.29, 0.717) is 0 Å². The first-order chi connectivity index (χ1) is 2.81. The van der Waals surface area contributed by atoms with Gasteiger partial charge in [0.05, 0.1) is 6.04 Å². The molecule has 0 amide bonds. The third kappa shape index (κ3) is 1.91. The predicted molar refractivity (Wildman–Crippen MR) is 23.9 cm³/mol. The predicted octanol–water partition coefficient (Wildman–Crippen LogP) is 1.03. The highest BCUT2D eigenvalue weighted by Crippen LogP contribution is 1.77. The van der Waals surface area contributed by atoms with Gasteiger partial charge in [0.1, 0.15) is 0 Å². The van der Waals surface area contributed by atoms with Crippen LogP contribution >= 0.6 is 0 Å². The standard InChI is InChI=1S/C4H8FN/c1-3-4(2)6-5/h3-4,6H,1H2,2H3. The molecule has 0 aromatic rings. The van der Waals surface area contributed by atoms with Crippen LogP contribution in [0, 0.1) is 0 Å². The monoisotopic (exact) mass is 89.1 g/mol. The van der Waals surface area contributed by atoms with Gasteiger partial charge in [0, 0.05) is 0 Å². The second kappa shape index (κ2) is 2.85. The molecule has 0 aromatic carbocycles. The minimum atomic E-state index is -0.218. The van der Waals surface area contributed by atoms with E-state index in [4.69, 9.17) is 0 Å². The van der Waals surface area contributed by atoms with E-state index in [9.17, 15) is 4.48 Å². The Labute approximate surface area is 36.8 Å². The highest BCUT2D eigenvalue weighted by Gasteiger charge is 1.85. The average molecular weight is 89.1 g/mol. The molecule has 1 unspecified atom stereocenters. The normalized spacial score (nSPS) is 13.7. The largest absolute Gasteiger partial charge is 0.153 e. The van der Waals surface area contributed by atoms with Crippen molar-refractivity contribution in [1.29, 1.82) is 0 Å². The molecule has 0 heterocycles. The lowest BCUT2D eigenvalue weighted by molar-refractivity contribution is 0.310. The van der Waals surface area contributed by atoms with Gasteiger partial charge in [0.15, 0.2) is 0 Å². The van der Waals surface area contributed by atoms with Crippen molar-refractivity contribution < 1.29 is 4.48 Å². The van der Waals surface area contributed by atoms with Crippen LogP contribution in [0.2, 0.25) is 0 Å². The molecule has 0 bridgehead atoms. The highest BCUT2D eigenvalue weighted by molar-refractivity contribution is 4.77. The summed E-state index contributed by atoms with van der Waals surface area (Å²) in [7, 11) is 0. The molecule has 0 aliphatic heterocycles. The van der Waals surface area contributed by atoms with E-state index in [1.165, 1.54) is 11.6 Å². The van der Waals surface area contributed by atoms with Gasteiger partial charge in [-0.1, -0.05) is 6.08 Å². The maximum absolute atomic E-state index is 11.1. The lowest BCUT2D eigenvalue weighted by Gasteiger charge is -1.93. The van der Waals surface area contributed by atoms with Crippen LogP contribution in [0.25, 0.3) is 0 Å². The molecule has 0 aliphatic carbocycles. The molecule has 36 valence electrons. The number of hydrogen-bond donors (Lipinski definition) is 1. The molecule has 1 N–H and O–H groups in total. The van der Waals surface area contributed by atoms with Crippen molar-refractivity contribution in [3.05, 3.63) is 12.7 Å². The summed E-state index contributed by atoms with van der Waals surface area (Å²) in [5, 5.41) is 0. The molecule has 0 spiro atoms. The van der Waals surface area contributed by atoms with E-state index in [0.717, 1.165) is 0 Å². The minimum Gasteiger partial charge on any atom is -0.153 e. The van der Waals surface area contributed by atoms with Crippen LogP contribution in [0.5, 0.6) is 0 Å². The Balaban J connectivity index is 2.96. The molecule has 0 aliphatic rings. The maximum Gasteiger partial charge on any atom is 0.0520 e. The van der Waals surface area contributed by atoms with Crippen LogP contribution in [0.3, 0.4) is 0 Å². The van der Waals surface area contributed by atoms with Crippen molar-refractivity contribution in [2.45, 2.75) is 13.0 Å². The fourth-order valence-electron chi connectivity index (χ4n) is 0.0445. The zero-order valence-corrected chi connectivity index (χ0v) is 3.74. The molecule has 2 heteroatoms. The number of hydrogen-bond acceptors (Lipinski definition) is 1. The van der Waals surface area contributed by atoms with Crippen molar-refractivity contribution in [2.24, 2.45) is 0 Å². The summed E-state index contributed by atoms with van der Waals surface area (Å²) in [4.78, 5) is 0. The summed E-state index contributed by atoms with van der Waals surface area (Å²) in [5.41, 5.74) is 1.50. The van der Waals surface area contributed by atoms with Gasteiger partial charge in [-0.05, 0) is 6.92 Å². The van der Waals surface area contributed by atoms with Crippen molar-refractivity contribution in [2.75, 3.05) is 0 Å². The van der Waals surface area contributed by atoms with Gasteiger partial charge in [-0.15, -0.1) is 11.1 Å². The molecule has 0 fully saturated rings. The van der Waals surface area contributed by atoms with Crippen LogP contribution in [0.15, 0.2) is 12.7 Å². The topological polar surface area (TPSA) is 12.0 Å². The van der Waals surface area contributed by atoms with Crippen LogP contribution in [-0.2, 0) is 0 Å². The first-order valence-electron chi connectivity index (χ1n) is 1.80.